The molecule has 1 unspecified atom stereocenters. The van der Waals surface area contributed by atoms with Crippen molar-refractivity contribution in [1.29, 1.82) is 0 Å². The fraction of sp³-hybridized carbons (Fsp3) is 0.438. The SMILES string of the molecule is Cc1nc(CC(O)c2ccc3c(c2)CCC3)sc1C. The average Bonchev–Trinajstić information content (AvgIpc) is 2.96. The number of hydrogen-bond acceptors (Lipinski definition) is 3. The number of aryl methyl sites for hydroxylation is 4. The van der Waals surface area contributed by atoms with Crippen LogP contribution in [0.4, 0.5) is 0 Å². The van der Waals surface area contributed by atoms with Gasteiger partial charge in [0.15, 0.2) is 0 Å². The fourth-order valence-electron chi connectivity index (χ4n) is 2.71. The normalized spacial score (nSPS) is 15.5. The number of benzene rings is 1. The summed E-state index contributed by atoms with van der Waals surface area (Å²) < 4.78 is 0. The molecule has 1 aromatic heterocycles. The lowest BCUT2D eigenvalue weighted by Crippen LogP contribution is -2.02. The van der Waals surface area contributed by atoms with Gasteiger partial charge in [-0.2, -0.15) is 0 Å². The fourth-order valence-corrected chi connectivity index (χ4v) is 3.68. The maximum Gasteiger partial charge on any atom is 0.0960 e. The number of rotatable bonds is 3. The van der Waals surface area contributed by atoms with Crippen LogP contribution in [-0.4, -0.2) is 10.1 Å². The Hall–Kier alpha value is -1.19. The molecule has 1 atom stereocenters. The number of aliphatic hydroxyl groups excluding tert-OH is 1. The van der Waals surface area contributed by atoms with Gasteiger partial charge < -0.3 is 5.11 Å². The number of aromatic nitrogens is 1. The molecule has 1 aliphatic carbocycles. The Morgan fingerprint density at radius 2 is 2.05 bits per heavy atom. The van der Waals surface area contributed by atoms with Crippen molar-refractivity contribution in [3.8, 4) is 0 Å². The van der Waals surface area contributed by atoms with Crippen molar-refractivity contribution in [3.63, 3.8) is 0 Å². The molecule has 1 N–H and O–H groups in total. The van der Waals surface area contributed by atoms with Gasteiger partial charge >= 0.3 is 0 Å². The molecule has 3 heteroatoms. The molecule has 2 nitrogen and oxygen atoms in total. The van der Waals surface area contributed by atoms with Crippen molar-refractivity contribution in [2.24, 2.45) is 0 Å². The molecule has 100 valence electrons. The van der Waals surface area contributed by atoms with Crippen LogP contribution in [0.2, 0.25) is 0 Å². The molecule has 0 saturated heterocycles. The van der Waals surface area contributed by atoms with Gasteiger partial charge in [-0.3, -0.25) is 0 Å². The highest BCUT2D eigenvalue weighted by Crippen LogP contribution is 2.28. The third-order valence-electron chi connectivity index (χ3n) is 3.95. The zero-order valence-electron chi connectivity index (χ0n) is 11.4. The number of thiazole rings is 1. The predicted octanol–water partition coefficient (Wildman–Crippen LogP) is 3.52. The lowest BCUT2D eigenvalue weighted by molar-refractivity contribution is 0.178. The predicted molar refractivity (Wildman–Crippen MR) is 78.7 cm³/mol. The summed E-state index contributed by atoms with van der Waals surface area (Å²) in [5, 5.41) is 11.4. The first-order valence-corrected chi connectivity index (χ1v) is 7.68. The van der Waals surface area contributed by atoms with E-state index >= 15 is 0 Å². The van der Waals surface area contributed by atoms with E-state index in [4.69, 9.17) is 0 Å². The number of nitrogens with zero attached hydrogens (tertiary/aromatic N) is 1. The number of hydrogen-bond donors (Lipinski definition) is 1. The summed E-state index contributed by atoms with van der Waals surface area (Å²) in [6.07, 6.45) is 3.79. The van der Waals surface area contributed by atoms with Crippen molar-refractivity contribution >= 4 is 11.3 Å². The molecule has 0 aliphatic heterocycles. The van der Waals surface area contributed by atoms with Gasteiger partial charge in [-0.1, -0.05) is 18.2 Å². The molecular weight excluding hydrogens is 254 g/mol. The second-order valence-electron chi connectivity index (χ2n) is 5.35. The minimum Gasteiger partial charge on any atom is -0.388 e. The number of aliphatic hydroxyl groups is 1. The van der Waals surface area contributed by atoms with E-state index in [0.29, 0.717) is 6.42 Å². The van der Waals surface area contributed by atoms with E-state index in [9.17, 15) is 5.11 Å². The van der Waals surface area contributed by atoms with Crippen LogP contribution >= 0.6 is 11.3 Å². The van der Waals surface area contributed by atoms with E-state index in [2.05, 4.69) is 30.1 Å². The Labute approximate surface area is 118 Å². The van der Waals surface area contributed by atoms with E-state index in [1.807, 2.05) is 6.92 Å². The Bertz CT molecular complexity index is 583. The zero-order chi connectivity index (χ0) is 13.4. The molecule has 1 heterocycles. The first kappa shape index (κ1) is 12.8. The highest BCUT2D eigenvalue weighted by atomic mass is 32.1. The van der Waals surface area contributed by atoms with Crippen molar-refractivity contribution in [2.75, 3.05) is 0 Å². The van der Waals surface area contributed by atoms with Crippen LogP contribution in [0.15, 0.2) is 18.2 Å². The van der Waals surface area contributed by atoms with Gasteiger partial charge in [0, 0.05) is 11.3 Å². The summed E-state index contributed by atoms with van der Waals surface area (Å²) in [4.78, 5) is 5.75. The molecule has 0 spiro atoms. The molecule has 0 radical (unpaired) electrons. The van der Waals surface area contributed by atoms with Gasteiger partial charge in [0.25, 0.3) is 0 Å². The Morgan fingerprint density at radius 1 is 1.26 bits per heavy atom. The zero-order valence-corrected chi connectivity index (χ0v) is 12.3. The van der Waals surface area contributed by atoms with E-state index in [0.717, 1.165) is 22.7 Å². The molecule has 3 rings (SSSR count). The summed E-state index contributed by atoms with van der Waals surface area (Å²) in [7, 11) is 0. The smallest absolute Gasteiger partial charge is 0.0960 e. The van der Waals surface area contributed by atoms with Crippen molar-refractivity contribution in [2.45, 2.75) is 45.6 Å². The largest absolute Gasteiger partial charge is 0.388 e. The Morgan fingerprint density at radius 3 is 2.79 bits per heavy atom. The highest BCUT2D eigenvalue weighted by Gasteiger charge is 2.16. The second kappa shape index (κ2) is 5.06. The minimum atomic E-state index is -0.434. The van der Waals surface area contributed by atoms with E-state index in [1.165, 1.54) is 28.8 Å². The maximum atomic E-state index is 10.4. The van der Waals surface area contributed by atoms with Crippen LogP contribution in [0.3, 0.4) is 0 Å². The van der Waals surface area contributed by atoms with Crippen LogP contribution in [0.25, 0.3) is 0 Å². The lowest BCUT2D eigenvalue weighted by atomic mass is 10.0. The van der Waals surface area contributed by atoms with Crippen LogP contribution in [0.5, 0.6) is 0 Å². The number of fused-ring (bicyclic) bond motifs is 1. The van der Waals surface area contributed by atoms with Crippen LogP contribution in [0.1, 0.15) is 44.8 Å². The van der Waals surface area contributed by atoms with E-state index in [1.54, 1.807) is 11.3 Å². The van der Waals surface area contributed by atoms with Crippen molar-refractivity contribution in [1.82, 2.24) is 4.98 Å². The monoisotopic (exact) mass is 273 g/mol. The molecule has 0 bridgehead atoms. The quantitative estimate of drug-likeness (QED) is 0.928. The minimum absolute atomic E-state index is 0.434. The average molecular weight is 273 g/mol. The van der Waals surface area contributed by atoms with Crippen LogP contribution in [0, 0.1) is 13.8 Å². The van der Waals surface area contributed by atoms with Gasteiger partial charge in [0.05, 0.1) is 16.8 Å². The molecule has 1 aromatic carbocycles. The standard InChI is InChI=1S/C16H19NOS/c1-10-11(2)19-16(17-10)9-15(18)14-7-6-12-4-3-5-13(12)8-14/h6-8,15,18H,3-5,9H2,1-2H3. The summed E-state index contributed by atoms with van der Waals surface area (Å²) in [6.45, 7) is 4.11. The second-order valence-corrected chi connectivity index (χ2v) is 6.64. The molecule has 1 aliphatic rings. The molecule has 19 heavy (non-hydrogen) atoms. The first-order valence-electron chi connectivity index (χ1n) is 6.86. The van der Waals surface area contributed by atoms with Gasteiger partial charge in [0.1, 0.15) is 0 Å². The summed E-state index contributed by atoms with van der Waals surface area (Å²) >= 11 is 1.69. The molecule has 0 amide bonds. The van der Waals surface area contributed by atoms with Crippen LogP contribution < -0.4 is 0 Å². The van der Waals surface area contributed by atoms with Gasteiger partial charge in [-0.25, -0.2) is 4.98 Å². The summed E-state index contributed by atoms with van der Waals surface area (Å²) in [5.41, 5.74) is 4.99. The molecule has 2 aromatic rings. The Balaban J connectivity index is 1.78. The van der Waals surface area contributed by atoms with E-state index < -0.39 is 6.10 Å². The third kappa shape index (κ3) is 2.58. The maximum absolute atomic E-state index is 10.4. The summed E-state index contributed by atoms with van der Waals surface area (Å²) in [5.74, 6) is 0. The highest BCUT2D eigenvalue weighted by molar-refractivity contribution is 7.11. The Kier molecular flexibility index (Phi) is 3.42. The van der Waals surface area contributed by atoms with Gasteiger partial charge in [0.2, 0.25) is 0 Å². The first-order chi connectivity index (χ1) is 9.13. The van der Waals surface area contributed by atoms with E-state index in [-0.39, 0.29) is 0 Å². The summed E-state index contributed by atoms with van der Waals surface area (Å²) in [6, 6.07) is 6.43. The third-order valence-corrected chi connectivity index (χ3v) is 5.04. The van der Waals surface area contributed by atoms with Gasteiger partial charge in [-0.15, -0.1) is 11.3 Å². The van der Waals surface area contributed by atoms with Crippen molar-refractivity contribution < 1.29 is 5.11 Å². The van der Waals surface area contributed by atoms with Gasteiger partial charge in [-0.05, 0) is 49.8 Å². The molecule has 0 fully saturated rings. The van der Waals surface area contributed by atoms with Crippen LogP contribution in [-0.2, 0) is 19.3 Å². The van der Waals surface area contributed by atoms with Crippen molar-refractivity contribution in [3.05, 3.63) is 50.5 Å². The topological polar surface area (TPSA) is 33.1 Å². The lowest BCUT2D eigenvalue weighted by Gasteiger charge is -2.11. The molecule has 0 saturated carbocycles. The molecular formula is C16H19NOS.